The number of urea groups is 1. The molecule has 3 aromatic rings. The Balaban J connectivity index is 1.48. The summed E-state index contributed by atoms with van der Waals surface area (Å²) < 4.78 is 5.48. The number of hydrogen-bond acceptors (Lipinski definition) is 5. The van der Waals surface area contributed by atoms with E-state index in [2.05, 4.69) is 10.6 Å². The number of benzene rings is 3. The quantitative estimate of drug-likeness (QED) is 0.370. The molecule has 0 radical (unpaired) electrons. The van der Waals surface area contributed by atoms with Crippen LogP contribution < -0.4 is 20.3 Å². The number of halogens is 2. The van der Waals surface area contributed by atoms with Gasteiger partial charge in [0.25, 0.3) is 17.7 Å². The third-order valence-corrected chi connectivity index (χ3v) is 5.42. The van der Waals surface area contributed by atoms with Crippen molar-refractivity contribution in [2.45, 2.75) is 0 Å². The molecule has 1 aliphatic heterocycles. The number of barbiturate groups is 1. The van der Waals surface area contributed by atoms with E-state index < -0.39 is 17.8 Å². The number of nitrogens with one attached hydrogen (secondary N) is 2. The average molecular weight is 510 g/mol. The predicted octanol–water partition coefficient (Wildman–Crippen LogP) is 4.68. The Morgan fingerprint density at radius 3 is 2.37 bits per heavy atom. The van der Waals surface area contributed by atoms with Crippen LogP contribution in [0.2, 0.25) is 10.0 Å². The number of rotatable bonds is 6. The molecule has 8 nitrogen and oxygen atoms in total. The van der Waals surface area contributed by atoms with E-state index in [9.17, 15) is 19.2 Å². The van der Waals surface area contributed by atoms with Crippen LogP contribution >= 0.6 is 23.2 Å². The summed E-state index contributed by atoms with van der Waals surface area (Å²) in [5.41, 5.74) is 1.05. The Morgan fingerprint density at radius 1 is 0.971 bits per heavy atom. The van der Waals surface area contributed by atoms with Gasteiger partial charge in [-0.15, -0.1) is 0 Å². The number of anilines is 2. The maximum absolute atomic E-state index is 13.0. The molecule has 5 amide bonds. The number of imide groups is 2. The lowest BCUT2D eigenvalue weighted by atomic mass is 10.1. The zero-order chi connectivity index (χ0) is 24.9. The van der Waals surface area contributed by atoms with Gasteiger partial charge in [-0.3, -0.25) is 19.7 Å². The van der Waals surface area contributed by atoms with E-state index in [1.807, 2.05) is 6.07 Å². The highest BCUT2D eigenvalue weighted by molar-refractivity contribution is 6.39. The Kier molecular flexibility index (Phi) is 7.14. The molecule has 1 heterocycles. The molecule has 2 N–H and O–H groups in total. The van der Waals surface area contributed by atoms with Crippen LogP contribution in [-0.2, 0) is 14.4 Å². The number of carbonyl (C=O) groups excluding carboxylic acids is 4. The number of hydrogen-bond donors (Lipinski definition) is 2. The van der Waals surface area contributed by atoms with E-state index in [4.69, 9.17) is 27.9 Å². The van der Waals surface area contributed by atoms with Gasteiger partial charge in [0, 0.05) is 10.7 Å². The van der Waals surface area contributed by atoms with Crippen LogP contribution in [0.5, 0.6) is 5.75 Å². The van der Waals surface area contributed by atoms with Gasteiger partial charge in [0.15, 0.2) is 6.61 Å². The Bertz CT molecular complexity index is 1340. The summed E-state index contributed by atoms with van der Waals surface area (Å²) in [6, 6.07) is 18.6. The largest absolute Gasteiger partial charge is 0.482 e. The summed E-state index contributed by atoms with van der Waals surface area (Å²) in [6.07, 6.45) is 1.31. The molecule has 3 aromatic carbocycles. The number of para-hydroxylation sites is 1. The first-order chi connectivity index (χ1) is 16.8. The summed E-state index contributed by atoms with van der Waals surface area (Å²) in [6.45, 7) is -0.270. The maximum atomic E-state index is 13.0. The monoisotopic (exact) mass is 509 g/mol. The molecule has 1 saturated heterocycles. The van der Waals surface area contributed by atoms with Crippen molar-refractivity contribution in [1.29, 1.82) is 0 Å². The van der Waals surface area contributed by atoms with Gasteiger partial charge in [-0.05, 0) is 60.2 Å². The molecule has 10 heteroatoms. The minimum absolute atomic E-state index is 0.168. The SMILES string of the molecule is O=C(COc1ccc(/C=C2\C(=O)NC(=O)N(c3ccc(Cl)cc3)C2=O)cc1Cl)Nc1ccccc1. The molecule has 1 aliphatic rings. The van der Waals surface area contributed by atoms with Gasteiger partial charge >= 0.3 is 6.03 Å². The predicted molar refractivity (Wildman–Crippen MR) is 132 cm³/mol. The summed E-state index contributed by atoms with van der Waals surface area (Å²) in [4.78, 5) is 50.5. The second-order valence-electron chi connectivity index (χ2n) is 7.33. The van der Waals surface area contributed by atoms with Crippen LogP contribution in [0.3, 0.4) is 0 Å². The average Bonchev–Trinajstić information content (AvgIpc) is 2.83. The van der Waals surface area contributed by atoms with Gasteiger partial charge in [-0.25, -0.2) is 9.69 Å². The Hall–Kier alpha value is -4.14. The van der Waals surface area contributed by atoms with E-state index >= 15 is 0 Å². The standard InChI is InChI=1S/C25H17Cl2N3O5/c26-16-7-9-18(10-8-16)30-24(33)19(23(32)29-25(30)34)12-15-6-11-21(20(27)13-15)35-14-22(31)28-17-4-2-1-3-5-17/h1-13H,14H2,(H,28,31)(H,29,32,34)/b19-12+. The lowest BCUT2D eigenvalue weighted by molar-refractivity contribution is -0.122. The number of amides is 5. The molecule has 0 saturated carbocycles. The van der Waals surface area contributed by atoms with Crippen molar-refractivity contribution in [3.63, 3.8) is 0 Å². The van der Waals surface area contributed by atoms with E-state index in [0.717, 1.165) is 4.90 Å². The van der Waals surface area contributed by atoms with Crippen molar-refractivity contribution >= 4 is 64.4 Å². The van der Waals surface area contributed by atoms with Crippen molar-refractivity contribution in [2.24, 2.45) is 0 Å². The number of carbonyl (C=O) groups is 4. The van der Waals surface area contributed by atoms with Crippen LogP contribution in [0.15, 0.2) is 78.4 Å². The highest BCUT2D eigenvalue weighted by Crippen LogP contribution is 2.28. The molecule has 176 valence electrons. The van der Waals surface area contributed by atoms with E-state index in [1.54, 1.807) is 30.3 Å². The van der Waals surface area contributed by atoms with Gasteiger partial charge in [-0.1, -0.05) is 47.5 Å². The molecule has 0 spiro atoms. The zero-order valence-corrected chi connectivity index (χ0v) is 19.5. The summed E-state index contributed by atoms with van der Waals surface area (Å²) in [7, 11) is 0. The van der Waals surface area contributed by atoms with Crippen LogP contribution in [0, 0.1) is 0 Å². The number of nitrogens with zero attached hydrogens (tertiary/aromatic N) is 1. The van der Waals surface area contributed by atoms with E-state index in [0.29, 0.717) is 16.3 Å². The van der Waals surface area contributed by atoms with Gasteiger partial charge in [0.2, 0.25) is 0 Å². The van der Waals surface area contributed by atoms with Crippen LogP contribution in [0.25, 0.3) is 6.08 Å². The van der Waals surface area contributed by atoms with Gasteiger partial charge in [0.05, 0.1) is 10.7 Å². The molecule has 0 aliphatic carbocycles. The Morgan fingerprint density at radius 2 is 1.69 bits per heavy atom. The smallest absolute Gasteiger partial charge is 0.335 e. The first-order valence-electron chi connectivity index (χ1n) is 10.3. The second kappa shape index (κ2) is 10.4. The third-order valence-electron chi connectivity index (χ3n) is 4.87. The summed E-state index contributed by atoms with van der Waals surface area (Å²) >= 11 is 12.1. The number of ether oxygens (including phenoxy) is 1. The van der Waals surface area contributed by atoms with Crippen molar-refractivity contribution in [3.8, 4) is 5.75 Å². The van der Waals surface area contributed by atoms with Crippen molar-refractivity contribution < 1.29 is 23.9 Å². The van der Waals surface area contributed by atoms with E-state index in [1.165, 1.54) is 42.5 Å². The molecule has 35 heavy (non-hydrogen) atoms. The van der Waals surface area contributed by atoms with Crippen molar-refractivity contribution in [2.75, 3.05) is 16.8 Å². The first kappa shape index (κ1) is 24.0. The lowest BCUT2D eigenvalue weighted by Gasteiger charge is -2.26. The highest BCUT2D eigenvalue weighted by atomic mass is 35.5. The van der Waals surface area contributed by atoms with Gasteiger partial charge < -0.3 is 10.1 Å². The Labute approximate surface area is 210 Å². The minimum Gasteiger partial charge on any atom is -0.482 e. The normalized spacial score (nSPS) is 14.6. The van der Waals surface area contributed by atoms with Crippen molar-refractivity contribution in [1.82, 2.24) is 5.32 Å². The first-order valence-corrected chi connectivity index (χ1v) is 11.0. The van der Waals surface area contributed by atoms with E-state index in [-0.39, 0.29) is 34.5 Å². The fraction of sp³-hybridized carbons (Fsp3) is 0.0400. The van der Waals surface area contributed by atoms with Crippen LogP contribution in [0.4, 0.5) is 16.2 Å². The molecule has 0 atom stereocenters. The zero-order valence-electron chi connectivity index (χ0n) is 18.0. The molecule has 1 fully saturated rings. The second-order valence-corrected chi connectivity index (χ2v) is 8.17. The molecular weight excluding hydrogens is 493 g/mol. The third kappa shape index (κ3) is 5.68. The lowest BCUT2D eigenvalue weighted by Crippen LogP contribution is -2.54. The molecule has 0 bridgehead atoms. The summed E-state index contributed by atoms with van der Waals surface area (Å²) in [5.74, 6) is -1.75. The van der Waals surface area contributed by atoms with Gasteiger partial charge in [0.1, 0.15) is 11.3 Å². The molecule has 4 rings (SSSR count). The molecule has 0 unspecified atom stereocenters. The molecule has 0 aromatic heterocycles. The van der Waals surface area contributed by atoms with Crippen LogP contribution in [0.1, 0.15) is 5.56 Å². The maximum Gasteiger partial charge on any atom is 0.335 e. The van der Waals surface area contributed by atoms with Crippen LogP contribution in [-0.4, -0.2) is 30.4 Å². The summed E-state index contributed by atoms with van der Waals surface area (Å²) in [5, 5.41) is 5.44. The molecular formula is C25H17Cl2N3O5. The fourth-order valence-corrected chi connectivity index (χ4v) is 3.60. The highest BCUT2D eigenvalue weighted by Gasteiger charge is 2.36. The minimum atomic E-state index is -0.866. The topological polar surface area (TPSA) is 105 Å². The fourth-order valence-electron chi connectivity index (χ4n) is 3.23. The van der Waals surface area contributed by atoms with Gasteiger partial charge in [-0.2, -0.15) is 0 Å². The van der Waals surface area contributed by atoms with Crippen molar-refractivity contribution in [3.05, 3.63) is 94.0 Å².